The summed E-state index contributed by atoms with van der Waals surface area (Å²) >= 11 is 3.22. The van der Waals surface area contributed by atoms with Crippen LogP contribution in [0.3, 0.4) is 0 Å². The molecule has 0 bridgehead atoms. The Labute approximate surface area is 160 Å². The predicted octanol–water partition coefficient (Wildman–Crippen LogP) is 4.61. The van der Waals surface area contributed by atoms with E-state index in [4.69, 9.17) is 9.47 Å². The van der Waals surface area contributed by atoms with Crippen molar-refractivity contribution in [3.8, 4) is 11.5 Å². The van der Waals surface area contributed by atoms with Gasteiger partial charge in [-0.05, 0) is 52.6 Å². The minimum atomic E-state index is -0.106. The van der Waals surface area contributed by atoms with Crippen LogP contribution in [0.4, 0.5) is 0 Å². The van der Waals surface area contributed by atoms with Gasteiger partial charge >= 0.3 is 0 Å². The number of amides is 1. The van der Waals surface area contributed by atoms with Gasteiger partial charge in [0.2, 0.25) is 0 Å². The summed E-state index contributed by atoms with van der Waals surface area (Å²) < 4.78 is 11.0. The third kappa shape index (κ3) is 2.89. The molecule has 0 aliphatic carbocycles. The molecule has 134 valence electrons. The van der Waals surface area contributed by atoms with Crippen molar-refractivity contribution in [2.75, 3.05) is 20.8 Å². The Morgan fingerprint density at radius 3 is 2.62 bits per heavy atom. The second-order valence-electron chi connectivity index (χ2n) is 6.08. The van der Waals surface area contributed by atoms with Gasteiger partial charge in [0.1, 0.15) is 0 Å². The Bertz CT molecular complexity index is 904. The predicted molar refractivity (Wildman–Crippen MR) is 105 cm³/mol. The number of carbonyl (C=O) groups excluding carboxylic acids is 1. The number of benzene rings is 1. The lowest BCUT2D eigenvalue weighted by atomic mass is 9.90. The van der Waals surface area contributed by atoms with E-state index in [1.807, 2.05) is 39.9 Å². The lowest BCUT2D eigenvalue weighted by Crippen LogP contribution is -2.40. The monoisotopic (exact) mass is 385 g/mol. The maximum atomic E-state index is 13.1. The number of methoxy groups -OCH3 is 2. The number of hydrogen-bond acceptors (Lipinski definition) is 5. The van der Waals surface area contributed by atoms with Crippen LogP contribution in [0.5, 0.6) is 11.5 Å². The molecule has 6 heteroatoms. The molecule has 1 aliphatic heterocycles. The standard InChI is InChI=1S/C20H19NO3S2/c1-23-16-10-13-5-7-21(20(22)14-6-9-25-12-14)19(18-4-3-8-26-18)15(13)11-17(16)24-2/h3-4,6,8-12,19H,5,7H2,1-2H3. The summed E-state index contributed by atoms with van der Waals surface area (Å²) in [6.07, 6.45) is 0.799. The number of ether oxygens (including phenoxy) is 2. The van der Waals surface area contributed by atoms with Crippen molar-refractivity contribution in [2.24, 2.45) is 0 Å². The van der Waals surface area contributed by atoms with Crippen molar-refractivity contribution >= 4 is 28.6 Å². The fourth-order valence-corrected chi connectivity index (χ4v) is 4.95. The van der Waals surface area contributed by atoms with E-state index in [9.17, 15) is 4.79 Å². The molecule has 1 unspecified atom stereocenters. The number of rotatable bonds is 4. The van der Waals surface area contributed by atoms with E-state index in [-0.39, 0.29) is 11.9 Å². The SMILES string of the molecule is COc1cc2c(cc1OC)C(c1cccs1)N(C(=O)c1ccsc1)CC2. The van der Waals surface area contributed by atoms with E-state index in [0.29, 0.717) is 12.3 Å². The summed E-state index contributed by atoms with van der Waals surface area (Å²) in [5, 5.41) is 5.91. The Hall–Kier alpha value is -2.31. The molecule has 1 aliphatic rings. The second kappa shape index (κ2) is 7.13. The molecule has 2 aromatic heterocycles. The van der Waals surface area contributed by atoms with Crippen LogP contribution in [-0.2, 0) is 6.42 Å². The lowest BCUT2D eigenvalue weighted by molar-refractivity contribution is 0.0697. The van der Waals surface area contributed by atoms with Crippen molar-refractivity contribution in [3.63, 3.8) is 0 Å². The highest BCUT2D eigenvalue weighted by molar-refractivity contribution is 7.10. The highest BCUT2D eigenvalue weighted by atomic mass is 32.1. The average molecular weight is 386 g/mol. The van der Waals surface area contributed by atoms with Gasteiger partial charge in [0.15, 0.2) is 11.5 Å². The van der Waals surface area contributed by atoms with Crippen LogP contribution in [0.15, 0.2) is 46.5 Å². The van der Waals surface area contributed by atoms with Gasteiger partial charge in [-0.15, -0.1) is 11.3 Å². The van der Waals surface area contributed by atoms with Crippen molar-refractivity contribution in [3.05, 3.63) is 68.0 Å². The molecule has 4 nitrogen and oxygen atoms in total. The zero-order valence-corrected chi connectivity index (χ0v) is 16.2. The number of carbonyl (C=O) groups is 1. The van der Waals surface area contributed by atoms with Gasteiger partial charge in [0.25, 0.3) is 5.91 Å². The molecule has 0 fully saturated rings. The fourth-order valence-electron chi connectivity index (χ4n) is 3.47. The van der Waals surface area contributed by atoms with Crippen LogP contribution in [0.1, 0.15) is 32.4 Å². The zero-order valence-electron chi connectivity index (χ0n) is 14.6. The normalized spacial score (nSPS) is 16.2. The van der Waals surface area contributed by atoms with Crippen LogP contribution >= 0.6 is 22.7 Å². The Morgan fingerprint density at radius 2 is 1.96 bits per heavy atom. The topological polar surface area (TPSA) is 38.8 Å². The maximum absolute atomic E-state index is 13.1. The molecule has 1 aromatic carbocycles. The molecule has 1 atom stereocenters. The van der Waals surface area contributed by atoms with Crippen LogP contribution in [0.25, 0.3) is 0 Å². The summed E-state index contributed by atoms with van der Waals surface area (Å²) in [6.45, 7) is 0.680. The van der Waals surface area contributed by atoms with Gasteiger partial charge in [0.05, 0.1) is 25.8 Å². The van der Waals surface area contributed by atoms with Gasteiger partial charge in [-0.1, -0.05) is 6.07 Å². The average Bonchev–Trinajstić information content (AvgIpc) is 3.39. The van der Waals surface area contributed by atoms with E-state index < -0.39 is 0 Å². The molecule has 0 N–H and O–H groups in total. The molecular weight excluding hydrogens is 366 g/mol. The van der Waals surface area contributed by atoms with E-state index in [1.165, 1.54) is 5.56 Å². The largest absolute Gasteiger partial charge is 0.493 e. The van der Waals surface area contributed by atoms with Gasteiger partial charge in [0, 0.05) is 16.8 Å². The minimum absolute atomic E-state index is 0.0742. The maximum Gasteiger partial charge on any atom is 0.255 e. The number of nitrogens with zero attached hydrogens (tertiary/aromatic N) is 1. The molecule has 0 radical (unpaired) electrons. The Balaban J connectivity index is 1.83. The molecule has 1 amide bonds. The summed E-state index contributed by atoms with van der Waals surface area (Å²) in [4.78, 5) is 16.3. The van der Waals surface area contributed by atoms with Gasteiger partial charge in [-0.2, -0.15) is 11.3 Å². The molecule has 3 heterocycles. The third-order valence-corrected chi connectivity index (χ3v) is 6.32. The summed E-state index contributed by atoms with van der Waals surface area (Å²) in [6, 6.07) is 9.97. The highest BCUT2D eigenvalue weighted by Crippen LogP contribution is 2.42. The van der Waals surface area contributed by atoms with Crippen LogP contribution in [0.2, 0.25) is 0 Å². The van der Waals surface area contributed by atoms with E-state index in [0.717, 1.165) is 28.2 Å². The first-order valence-electron chi connectivity index (χ1n) is 8.34. The zero-order chi connectivity index (χ0) is 18.1. The van der Waals surface area contributed by atoms with Crippen LogP contribution < -0.4 is 9.47 Å². The summed E-state index contributed by atoms with van der Waals surface area (Å²) in [7, 11) is 3.29. The minimum Gasteiger partial charge on any atom is -0.493 e. The van der Waals surface area contributed by atoms with Crippen molar-refractivity contribution in [2.45, 2.75) is 12.5 Å². The first-order valence-corrected chi connectivity index (χ1v) is 10.2. The van der Waals surface area contributed by atoms with Crippen LogP contribution in [-0.4, -0.2) is 31.6 Å². The van der Waals surface area contributed by atoms with E-state index in [1.54, 1.807) is 36.9 Å². The fraction of sp³-hybridized carbons (Fsp3) is 0.250. The molecule has 4 rings (SSSR count). The quantitative estimate of drug-likeness (QED) is 0.658. The van der Waals surface area contributed by atoms with Gasteiger partial charge in [-0.3, -0.25) is 4.79 Å². The van der Waals surface area contributed by atoms with Crippen molar-refractivity contribution < 1.29 is 14.3 Å². The van der Waals surface area contributed by atoms with Crippen LogP contribution in [0, 0.1) is 0 Å². The lowest BCUT2D eigenvalue weighted by Gasteiger charge is -2.37. The smallest absolute Gasteiger partial charge is 0.255 e. The summed E-state index contributed by atoms with van der Waals surface area (Å²) in [5.74, 6) is 1.50. The third-order valence-electron chi connectivity index (χ3n) is 4.72. The molecule has 3 aromatic rings. The molecule has 0 saturated heterocycles. The number of thiophene rings is 2. The van der Waals surface area contributed by atoms with Crippen molar-refractivity contribution in [1.82, 2.24) is 4.90 Å². The first-order chi connectivity index (χ1) is 12.7. The molecule has 26 heavy (non-hydrogen) atoms. The number of hydrogen-bond donors (Lipinski definition) is 0. The van der Waals surface area contributed by atoms with Gasteiger partial charge in [-0.25, -0.2) is 0 Å². The molecular formula is C20H19NO3S2. The molecule has 0 saturated carbocycles. The molecule has 0 spiro atoms. The second-order valence-corrected chi connectivity index (χ2v) is 7.84. The van der Waals surface area contributed by atoms with E-state index >= 15 is 0 Å². The Kier molecular flexibility index (Phi) is 4.70. The van der Waals surface area contributed by atoms with E-state index in [2.05, 4.69) is 11.4 Å². The number of fused-ring (bicyclic) bond motifs is 1. The van der Waals surface area contributed by atoms with Gasteiger partial charge < -0.3 is 14.4 Å². The first kappa shape index (κ1) is 17.1. The highest BCUT2D eigenvalue weighted by Gasteiger charge is 2.34. The Morgan fingerprint density at radius 1 is 1.15 bits per heavy atom. The van der Waals surface area contributed by atoms with Crippen molar-refractivity contribution in [1.29, 1.82) is 0 Å². The summed E-state index contributed by atoms with van der Waals surface area (Å²) in [5.41, 5.74) is 3.07.